The zero-order valence-corrected chi connectivity index (χ0v) is 10.3. The first kappa shape index (κ1) is 11.3. The number of hydrogen-bond donors (Lipinski definition) is 0. The predicted octanol–water partition coefficient (Wildman–Crippen LogP) is 1.54. The highest BCUT2D eigenvalue weighted by Crippen LogP contribution is 2.33. The Balaban J connectivity index is 2.50. The van der Waals surface area contributed by atoms with Crippen molar-refractivity contribution in [1.82, 2.24) is 0 Å². The van der Waals surface area contributed by atoms with Crippen molar-refractivity contribution in [3.05, 3.63) is 23.8 Å². The van der Waals surface area contributed by atoms with Gasteiger partial charge in [0.2, 0.25) is 10.0 Å². The lowest BCUT2D eigenvalue weighted by Crippen LogP contribution is -2.25. The Labute approximate surface area is 95.9 Å². The summed E-state index contributed by atoms with van der Waals surface area (Å²) in [4.78, 5) is 0. The fraction of sp³-hybridized carbons (Fsp3) is 0.455. The molecule has 1 aliphatic rings. The van der Waals surface area contributed by atoms with Gasteiger partial charge in [-0.3, -0.25) is 4.31 Å². The third kappa shape index (κ3) is 1.87. The van der Waals surface area contributed by atoms with E-state index < -0.39 is 10.0 Å². The van der Waals surface area contributed by atoms with E-state index in [2.05, 4.69) is 0 Å². The van der Waals surface area contributed by atoms with Crippen molar-refractivity contribution < 1.29 is 13.2 Å². The van der Waals surface area contributed by atoms with E-state index >= 15 is 0 Å². The lowest BCUT2D eigenvalue weighted by molar-refractivity contribution is 0.415. The molecular formula is C11H15NO3S. The molecule has 4 nitrogen and oxygen atoms in total. The van der Waals surface area contributed by atoms with Crippen LogP contribution in [0, 0.1) is 6.92 Å². The van der Waals surface area contributed by atoms with Crippen LogP contribution in [0.15, 0.2) is 18.2 Å². The van der Waals surface area contributed by atoms with Crippen LogP contribution in [0.25, 0.3) is 0 Å². The molecule has 0 bridgehead atoms. The van der Waals surface area contributed by atoms with Crippen LogP contribution in [0.3, 0.4) is 0 Å². The Kier molecular flexibility index (Phi) is 2.80. The summed E-state index contributed by atoms with van der Waals surface area (Å²) in [6.07, 6.45) is 0.680. The van der Waals surface area contributed by atoms with Crippen molar-refractivity contribution in [1.29, 1.82) is 0 Å². The molecule has 0 spiro atoms. The Morgan fingerprint density at radius 3 is 2.69 bits per heavy atom. The van der Waals surface area contributed by atoms with Gasteiger partial charge in [0.05, 0.1) is 18.6 Å². The molecular weight excluding hydrogens is 226 g/mol. The average Bonchev–Trinajstić information content (AvgIpc) is 2.58. The first-order chi connectivity index (χ1) is 7.54. The molecule has 1 heterocycles. The molecule has 5 heteroatoms. The Hall–Kier alpha value is -1.23. The Morgan fingerprint density at radius 1 is 1.38 bits per heavy atom. The maximum absolute atomic E-state index is 11.8. The van der Waals surface area contributed by atoms with E-state index in [1.165, 1.54) is 4.31 Å². The largest absolute Gasteiger partial charge is 0.495 e. The minimum Gasteiger partial charge on any atom is -0.495 e. The molecule has 0 aromatic heterocycles. The lowest BCUT2D eigenvalue weighted by Gasteiger charge is -2.20. The summed E-state index contributed by atoms with van der Waals surface area (Å²) in [5.41, 5.74) is 1.68. The van der Waals surface area contributed by atoms with Gasteiger partial charge < -0.3 is 4.74 Å². The van der Waals surface area contributed by atoms with Gasteiger partial charge >= 0.3 is 0 Å². The van der Waals surface area contributed by atoms with Crippen LogP contribution in [0.5, 0.6) is 5.75 Å². The second-order valence-electron chi connectivity index (χ2n) is 3.92. The molecule has 1 fully saturated rings. The molecule has 2 rings (SSSR count). The first-order valence-electron chi connectivity index (χ1n) is 5.19. The molecule has 88 valence electrons. The molecule has 1 aromatic carbocycles. The molecule has 0 atom stereocenters. The summed E-state index contributed by atoms with van der Waals surface area (Å²) in [5.74, 6) is 0.834. The second-order valence-corrected chi connectivity index (χ2v) is 5.93. The summed E-state index contributed by atoms with van der Waals surface area (Å²) in [5, 5.41) is 0. The van der Waals surface area contributed by atoms with Crippen LogP contribution in [0.2, 0.25) is 0 Å². The topological polar surface area (TPSA) is 46.6 Å². The van der Waals surface area contributed by atoms with Crippen molar-refractivity contribution in [3.63, 3.8) is 0 Å². The minimum atomic E-state index is -3.14. The highest BCUT2D eigenvalue weighted by molar-refractivity contribution is 7.93. The van der Waals surface area contributed by atoms with Gasteiger partial charge in [-0.15, -0.1) is 0 Å². The molecule has 1 saturated heterocycles. The quantitative estimate of drug-likeness (QED) is 0.789. The van der Waals surface area contributed by atoms with E-state index in [0.29, 0.717) is 24.4 Å². The van der Waals surface area contributed by atoms with E-state index in [1.807, 2.05) is 19.1 Å². The molecule has 0 amide bonds. The number of rotatable bonds is 2. The van der Waals surface area contributed by atoms with Crippen molar-refractivity contribution in [2.24, 2.45) is 0 Å². The maximum Gasteiger partial charge on any atom is 0.235 e. The van der Waals surface area contributed by atoms with Crippen molar-refractivity contribution in [2.75, 3.05) is 23.7 Å². The average molecular weight is 241 g/mol. The van der Waals surface area contributed by atoms with Crippen molar-refractivity contribution in [3.8, 4) is 5.75 Å². The van der Waals surface area contributed by atoms with Gasteiger partial charge in [-0.2, -0.15) is 0 Å². The zero-order chi connectivity index (χ0) is 11.8. The van der Waals surface area contributed by atoms with Crippen LogP contribution < -0.4 is 9.04 Å². The van der Waals surface area contributed by atoms with Crippen molar-refractivity contribution in [2.45, 2.75) is 13.3 Å². The van der Waals surface area contributed by atoms with Gasteiger partial charge in [-0.1, -0.05) is 6.07 Å². The molecule has 1 aliphatic heterocycles. The van der Waals surface area contributed by atoms with Gasteiger partial charge in [-0.05, 0) is 31.0 Å². The third-order valence-corrected chi connectivity index (χ3v) is 4.56. The number of anilines is 1. The summed E-state index contributed by atoms with van der Waals surface area (Å²) in [6, 6.07) is 5.56. The van der Waals surface area contributed by atoms with Gasteiger partial charge in [0.1, 0.15) is 5.75 Å². The molecule has 0 unspecified atom stereocenters. The van der Waals surface area contributed by atoms with E-state index in [9.17, 15) is 8.42 Å². The van der Waals surface area contributed by atoms with Gasteiger partial charge in [-0.25, -0.2) is 8.42 Å². The number of methoxy groups -OCH3 is 1. The number of sulfonamides is 1. The molecule has 0 N–H and O–H groups in total. The number of benzene rings is 1. The van der Waals surface area contributed by atoms with E-state index in [1.54, 1.807) is 13.2 Å². The third-order valence-electron chi connectivity index (χ3n) is 2.70. The smallest absolute Gasteiger partial charge is 0.235 e. The SMILES string of the molecule is COc1ccc(C)cc1N1CCCS1(=O)=O. The lowest BCUT2D eigenvalue weighted by atomic mass is 10.2. The number of hydrogen-bond acceptors (Lipinski definition) is 3. The van der Waals surface area contributed by atoms with Crippen LogP contribution in [0.4, 0.5) is 5.69 Å². The Morgan fingerprint density at radius 2 is 2.12 bits per heavy atom. The molecule has 1 aromatic rings. The number of nitrogens with zero attached hydrogens (tertiary/aromatic N) is 1. The van der Waals surface area contributed by atoms with Gasteiger partial charge in [0.25, 0.3) is 0 Å². The Bertz CT molecular complexity index is 496. The number of ether oxygens (including phenoxy) is 1. The predicted molar refractivity (Wildman–Crippen MR) is 63.5 cm³/mol. The van der Waals surface area contributed by atoms with Crippen molar-refractivity contribution >= 4 is 15.7 Å². The zero-order valence-electron chi connectivity index (χ0n) is 9.43. The molecule has 0 radical (unpaired) electrons. The van der Waals surface area contributed by atoms with E-state index in [0.717, 1.165) is 5.56 Å². The van der Waals surface area contributed by atoms with E-state index in [-0.39, 0.29) is 5.75 Å². The van der Waals surface area contributed by atoms with Crippen LogP contribution in [-0.4, -0.2) is 27.8 Å². The fourth-order valence-corrected chi connectivity index (χ4v) is 3.47. The summed E-state index contributed by atoms with van der Waals surface area (Å²) in [7, 11) is -1.58. The summed E-state index contributed by atoms with van der Waals surface area (Å²) in [6.45, 7) is 2.48. The maximum atomic E-state index is 11.8. The standard InChI is InChI=1S/C11H15NO3S/c1-9-4-5-11(15-2)10(8-9)12-6-3-7-16(12,13)14/h4-5,8H,3,6-7H2,1-2H3. The van der Waals surface area contributed by atoms with Crippen LogP contribution in [0.1, 0.15) is 12.0 Å². The fourth-order valence-electron chi connectivity index (χ4n) is 1.91. The minimum absolute atomic E-state index is 0.226. The molecule has 0 saturated carbocycles. The highest BCUT2D eigenvalue weighted by Gasteiger charge is 2.30. The molecule has 0 aliphatic carbocycles. The van der Waals surface area contributed by atoms with Gasteiger partial charge in [0.15, 0.2) is 0 Å². The number of aryl methyl sites for hydroxylation is 1. The summed E-state index contributed by atoms with van der Waals surface area (Å²) < 4.78 is 30.3. The normalized spacial score (nSPS) is 18.8. The van der Waals surface area contributed by atoms with Gasteiger partial charge in [0, 0.05) is 6.54 Å². The van der Waals surface area contributed by atoms with E-state index in [4.69, 9.17) is 4.74 Å². The summed E-state index contributed by atoms with van der Waals surface area (Å²) >= 11 is 0. The van der Waals surface area contributed by atoms with Crippen LogP contribution >= 0.6 is 0 Å². The second kappa shape index (κ2) is 3.97. The van der Waals surface area contributed by atoms with Crippen LogP contribution in [-0.2, 0) is 10.0 Å². The monoisotopic (exact) mass is 241 g/mol. The highest BCUT2D eigenvalue weighted by atomic mass is 32.2. The molecule has 16 heavy (non-hydrogen) atoms. The first-order valence-corrected chi connectivity index (χ1v) is 6.80.